The van der Waals surface area contributed by atoms with E-state index in [1.54, 1.807) is 12.1 Å². The van der Waals surface area contributed by atoms with Crippen LogP contribution in [0.3, 0.4) is 0 Å². The van der Waals surface area contributed by atoms with Crippen LogP contribution in [-0.4, -0.2) is 18.4 Å². The fraction of sp³-hybridized carbons (Fsp3) is 0.130. The highest BCUT2D eigenvalue weighted by Crippen LogP contribution is 2.24. The maximum Gasteiger partial charge on any atom is 0.251 e. The Morgan fingerprint density at radius 1 is 0.786 bits per heavy atom. The van der Waals surface area contributed by atoms with E-state index >= 15 is 0 Å². The maximum absolute atomic E-state index is 12.3. The van der Waals surface area contributed by atoms with Gasteiger partial charge in [0, 0.05) is 11.3 Å². The van der Waals surface area contributed by atoms with Crippen LogP contribution in [0.1, 0.15) is 21.5 Å². The lowest BCUT2D eigenvalue weighted by molar-refractivity contribution is -0.115. The summed E-state index contributed by atoms with van der Waals surface area (Å²) in [6.07, 6.45) is 0. The van der Waals surface area contributed by atoms with Crippen LogP contribution in [0.5, 0.6) is 0 Å². The monoisotopic (exact) mass is 373 g/mol. The predicted molar refractivity (Wildman–Crippen MR) is 113 cm³/mol. The zero-order chi connectivity index (χ0) is 19.9. The summed E-state index contributed by atoms with van der Waals surface area (Å²) in [4.78, 5) is 24.6. The maximum atomic E-state index is 12.3. The van der Waals surface area contributed by atoms with Gasteiger partial charge in [0.25, 0.3) is 5.91 Å². The summed E-state index contributed by atoms with van der Waals surface area (Å²) in [5.74, 6) is -0.558. The molecule has 0 unspecified atom stereocenters. The van der Waals surface area contributed by atoms with E-state index < -0.39 is 0 Å². The number of nitrogens with one attached hydrogen (secondary N) is 3. The minimum absolute atomic E-state index is 0.106. The number of carbonyl (C=O) groups excluding carboxylic acids is 2. The van der Waals surface area contributed by atoms with Crippen molar-refractivity contribution >= 4 is 28.9 Å². The molecule has 2 amide bonds. The van der Waals surface area contributed by atoms with Crippen LogP contribution in [0.15, 0.2) is 72.8 Å². The number of hydrogen-bond acceptors (Lipinski definition) is 3. The highest BCUT2D eigenvalue weighted by molar-refractivity contribution is 6.00. The molecule has 0 aliphatic rings. The first-order valence-electron chi connectivity index (χ1n) is 9.09. The Labute approximate surface area is 164 Å². The largest absolute Gasteiger partial charge is 0.354 e. The minimum atomic E-state index is -0.292. The first-order chi connectivity index (χ1) is 13.5. The molecule has 0 radical (unpaired) electrons. The lowest BCUT2D eigenvalue weighted by Crippen LogP contribution is -2.33. The van der Waals surface area contributed by atoms with Crippen molar-refractivity contribution in [2.75, 3.05) is 17.2 Å². The van der Waals surface area contributed by atoms with Crippen molar-refractivity contribution in [2.45, 2.75) is 13.8 Å². The van der Waals surface area contributed by atoms with Crippen LogP contribution in [0.2, 0.25) is 0 Å². The van der Waals surface area contributed by atoms with Crippen molar-refractivity contribution in [1.29, 1.82) is 0 Å². The van der Waals surface area contributed by atoms with Crippen LogP contribution >= 0.6 is 0 Å². The quantitative estimate of drug-likeness (QED) is 0.599. The van der Waals surface area contributed by atoms with Gasteiger partial charge in [-0.1, -0.05) is 47.5 Å². The van der Waals surface area contributed by atoms with Gasteiger partial charge in [-0.05, 0) is 50.2 Å². The van der Waals surface area contributed by atoms with Gasteiger partial charge in [0.2, 0.25) is 5.91 Å². The molecule has 0 aromatic heterocycles. The molecule has 3 aromatic rings. The van der Waals surface area contributed by atoms with Gasteiger partial charge in [0.1, 0.15) is 0 Å². The Morgan fingerprint density at radius 3 is 2.07 bits per heavy atom. The average Bonchev–Trinajstić information content (AvgIpc) is 2.68. The number of para-hydroxylation sites is 3. The number of amides is 2. The molecular formula is C23H23N3O2. The summed E-state index contributed by atoms with van der Waals surface area (Å²) in [7, 11) is 0. The van der Waals surface area contributed by atoms with Crippen LogP contribution in [0.4, 0.5) is 17.1 Å². The second-order valence-electron chi connectivity index (χ2n) is 6.64. The highest BCUT2D eigenvalue weighted by Gasteiger charge is 2.11. The lowest BCUT2D eigenvalue weighted by Gasteiger charge is -2.13. The van der Waals surface area contributed by atoms with Gasteiger partial charge < -0.3 is 16.0 Å². The third kappa shape index (κ3) is 5.20. The topological polar surface area (TPSA) is 70.2 Å². The Morgan fingerprint density at radius 2 is 1.39 bits per heavy atom. The summed E-state index contributed by atoms with van der Waals surface area (Å²) >= 11 is 0. The highest BCUT2D eigenvalue weighted by atomic mass is 16.2. The molecule has 0 fully saturated rings. The smallest absolute Gasteiger partial charge is 0.251 e. The number of benzene rings is 3. The SMILES string of the molecule is Cc1cc(C)cc(C(=O)NCC(=O)Nc2ccccc2Nc2ccccc2)c1. The van der Waals surface area contributed by atoms with E-state index in [1.165, 1.54) is 0 Å². The molecule has 3 rings (SSSR count). The van der Waals surface area contributed by atoms with E-state index in [0.717, 1.165) is 22.5 Å². The summed E-state index contributed by atoms with van der Waals surface area (Å²) in [5, 5.41) is 8.79. The van der Waals surface area contributed by atoms with Crippen molar-refractivity contribution in [1.82, 2.24) is 5.32 Å². The Balaban J connectivity index is 1.61. The van der Waals surface area contributed by atoms with Gasteiger partial charge >= 0.3 is 0 Å². The van der Waals surface area contributed by atoms with Gasteiger partial charge in [0.05, 0.1) is 17.9 Å². The zero-order valence-corrected chi connectivity index (χ0v) is 16.0. The Kier molecular flexibility index (Phi) is 6.07. The molecule has 3 N–H and O–H groups in total. The summed E-state index contributed by atoms with van der Waals surface area (Å²) in [5.41, 5.74) is 4.93. The molecule has 0 saturated carbocycles. The van der Waals surface area contributed by atoms with E-state index in [-0.39, 0.29) is 18.4 Å². The van der Waals surface area contributed by atoms with Crippen LogP contribution in [0, 0.1) is 13.8 Å². The normalized spacial score (nSPS) is 10.2. The van der Waals surface area contributed by atoms with E-state index in [0.29, 0.717) is 11.3 Å². The van der Waals surface area contributed by atoms with E-state index in [4.69, 9.17) is 0 Å². The van der Waals surface area contributed by atoms with E-state index in [2.05, 4.69) is 16.0 Å². The van der Waals surface area contributed by atoms with Crippen molar-refractivity contribution < 1.29 is 9.59 Å². The second kappa shape index (κ2) is 8.86. The van der Waals surface area contributed by atoms with E-state index in [1.807, 2.05) is 74.5 Å². The Bertz CT molecular complexity index is 964. The molecule has 0 bridgehead atoms. The van der Waals surface area contributed by atoms with Gasteiger partial charge in [0.15, 0.2) is 0 Å². The Hall–Kier alpha value is -3.60. The third-order valence-electron chi connectivity index (χ3n) is 4.15. The number of anilines is 3. The fourth-order valence-electron chi connectivity index (χ4n) is 2.94. The molecule has 5 heteroatoms. The lowest BCUT2D eigenvalue weighted by atomic mass is 10.1. The van der Waals surface area contributed by atoms with Crippen LogP contribution in [0.25, 0.3) is 0 Å². The van der Waals surface area contributed by atoms with Crippen molar-refractivity contribution in [3.05, 3.63) is 89.5 Å². The third-order valence-corrected chi connectivity index (χ3v) is 4.15. The standard InChI is InChI=1S/C23H23N3O2/c1-16-12-17(2)14-18(13-16)23(28)24-15-22(27)26-21-11-7-6-10-20(21)25-19-8-4-3-5-9-19/h3-14,25H,15H2,1-2H3,(H,24,28)(H,26,27). The van der Waals surface area contributed by atoms with Gasteiger partial charge in [-0.25, -0.2) is 0 Å². The molecular weight excluding hydrogens is 350 g/mol. The first-order valence-corrected chi connectivity index (χ1v) is 9.09. The zero-order valence-electron chi connectivity index (χ0n) is 16.0. The molecule has 0 aliphatic heterocycles. The molecule has 0 heterocycles. The summed E-state index contributed by atoms with van der Waals surface area (Å²) in [6.45, 7) is 3.77. The molecule has 0 spiro atoms. The molecule has 142 valence electrons. The molecule has 3 aromatic carbocycles. The minimum Gasteiger partial charge on any atom is -0.354 e. The van der Waals surface area contributed by atoms with Gasteiger partial charge in [-0.2, -0.15) is 0 Å². The van der Waals surface area contributed by atoms with E-state index in [9.17, 15) is 9.59 Å². The fourth-order valence-corrected chi connectivity index (χ4v) is 2.94. The van der Waals surface area contributed by atoms with Crippen molar-refractivity contribution in [3.63, 3.8) is 0 Å². The second-order valence-corrected chi connectivity index (χ2v) is 6.64. The average molecular weight is 373 g/mol. The molecule has 0 saturated heterocycles. The number of hydrogen-bond donors (Lipinski definition) is 3. The van der Waals surface area contributed by atoms with Gasteiger partial charge in [-0.3, -0.25) is 9.59 Å². The van der Waals surface area contributed by atoms with Crippen molar-refractivity contribution in [2.24, 2.45) is 0 Å². The van der Waals surface area contributed by atoms with Crippen molar-refractivity contribution in [3.8, 4) is 0 Å². The molecule has 0 aliphatic carbocycles. The first kappa shape index (κ1) is 19.2. The predicted octanol–water partition coefficient (Wildman–Crippen LogP) is 4.42. The van der Waals surface area contributed by atoms with Gasteiger partial charge in [-0.15, -0.1) is 0 Å². The summed E-state index contributed by atoms with van der Waals surface area (Å²) in [6, 6.07) is 22.8. The summed E-state index contributed by atoms with van der Waals surface area (Å²) < 4.78 is 0. The molecule has 5 nitrogen and oxygen atoms in total. The molecule has 0 atom stereocenters. The van der Waals surface area contributed by atoms with Crippen LogP contribution < -0.4 is 16.0 Å². The molecule has 28 heavy (non-hydrogen) atoms. The number of aryl methyl sites for hydroxylation is 2. The number of carbonyl (C=O) groups is 2. The number of rotatable bonds is 6. The van der Waals surface area contributed by atoms with Crippen LogP contribution in [-0.2, 0) is 4.79 Å².